The lowest BCUT2D eigenvalue weighted by molar-refractivity contribution is 0.0954. The highest BCUT2D eigenvalue weighted by Crippen LogP contribution is 2.28. The van der Waals surface area contributed by atoms with Gasteiger partial charge in [-0.15, -0.1) is 0 Å². The van der Waals surface area contributed by atoms with E-state index in [9.17, 15) is 4.79 Å². The molecule has 0 spiro atoms. The Morgan fingerprint density at radius 2 is 1.88 bits per heavy atom. The largest absolute Gasteiger partial charge is 0.494 e. The number of rotatable bonds is 8. The summed E-state index contributed by atoms with van der Waals surface area (Å²) in [6.07, 6.45) is 1.59. The second kappa shape index (κ2) is 9.46. The third-order valence-electron chi connectivity index (χ3n) is 3.36. The molecule has 0 unspecified atom stereocenters. The maximum atomic E-state index is 12.2. The number of ether oxygens (including phenoxy) is 3. The van der Waals surface area contributed by atoms with Crippen molar-refractivity contribution in [2.75, 3.05) is 13.7 Å². The molecule has 0 aliphatic heterocycles. The van der Waals surface area contributed by atoms with Crippen molar-refractivity contribution in [2.45, 2.75) is 26.9 Å². The number of methoxy groups -OCH3 is 1. The summed E-state index contributed by atoms with van der Waals surface area (Å²) in [5.41, 5.74) is 3.79. The molecule has 0 aliphatic rings. The van der Waals surface area contributed by atoms with Crippen LogP contribution >= 0.6 is 0 Å². The third-order valence-corrected chi connectivity index (χ3v) is 3.36. The molecule has 6 heteroatoms. The van der Waals surface area contributed by atoms with Crippen molar-refractivity contribution in [3.05, 3.63) is 53.6 Å². The third kappa shape index (κ3) is 5.51. The van der Waals surface area contributed by atoms with Crippen LogP contribution in [0.4, 0.5) is 0 Å². The van der Waals surface area contributed by atoms with Gasteiger partial charge in [-0.2, -0.15) is 5.10 Å². The molecule has 26 heavy (non-hydrogen) atoms. The molecule has 0 saturated carbocycles. The van der Waals surface area contributed by atoms with Crippen LogP contribution in [0.2, 0.25) is 0 Å². The van der Waals surface area contributed by atoms with E-state index in [-0.39, 0.29) is 12.0 Å². The van der Waals surface area contributed by atoms with Gasteiger partial charge in [-0.25, -0.2) is 5.43 Å². The highest BCUT2D eigenvalue weighted by Gasteiger charge is 2.11. The van der Waals surface area contributed by atoms with Crippen LogP contribution < -0.4 is 19.6 Å². The molecule has 0 radical (unpaired) electrons. The van der Waals surface area contributed by atoms with Gasteiger partial charge in [0.25, 0.3) is 5.91 Å². The van der Waals surface area contributed by atoms with Gasteiger partial charge in [-0.1, -0.05) is 0 Å². The number of amides is 1. The Morgan fingerprint density at radius 3 is 2.50 bits per heavy atom. The number of nitrogens with zero attached hydrogens (tertiary/aromatic N) is 1. The molecule has 0 atom stereocenters. The van der Waals surface area contributed by atoms with E-state index >= 15 is 0 Å². The van der Waals surface area contributed by atoms with Crippen molar-refractivity contribution < 1.29 is 19.0 Å². The predicted octanol–water partition coefficient (Wildman–Crippen LogP) is 3.65. The molecule has 0 aromatic heterocycles. The second-order valence-corrected chi connectivity index (χ2v) is 5.73. The van der Waals surface area contributed by atoms with Crippen molar-refractivity contribution >= 4 is 12.1 Å². The number of hydrazone groups is 1. The molecule has 0 heterocycles. The van der Waals surface area contributed by atoms with Crippen LogP contribution in [-0.4, -0.2) is 31.9 Å². The molecule has 0 fully saturated rings. The van der Waals surface area contributed by atoms with Gasteiger partial charge in [-0.05, 0) is 68.8 Å². The molecule has 138 valence electrons. The Kier molecular flexibility index (Phi) is 7.02. The quantitative estimate of drug-likeness (QED) is 0.579. The molecular weight excluding hydrogens is 332 g/mol. The van der Waals surface area contributed by atoms with E-state index in [4.69, 9.17) is 14.2 Å². The van der Waals surface area contributed by atoms with E-state index in [0.717, 1.165) is 11.3 Å². The van der Waals surface area contributed by atoms with Crippen LogP contribution in [0.25, 0.3) is 0 Å². The van der Waals surface area contributed by atoms with E-state index < -0.39 is 0 Å². The lowest BCUT2D eigenvalue weighted by Crippen LogP contribution is -2.18. The maximum Gasteiger partial charge on any atom is 0.271 e. The number of nitrogens with one attached hydrogen (secondary N) is 1. The van der Waals surface area contributed by atoms with Crippen molar-refractivity contribution in [1.29, 1.82) is 0 Å². The van der Waals surface area contributed by atoms with Crippen molar-refractivity contribution in [3.8, 4) is 17.2 Å². The molecule has 0 saturated heterocycles. The molecular formula is C20H24N2O4. The molecule has 2 rings (SSSR count). The summed E-state index contributed by atoms with van der Waals surface area (Å²) in [5, 5.41) is 3.98. The lowest BCUT2D eigenvalue weighted by atomic mass is 10.2. The predicted molar refractivity (Wildman–Crippen MR) is 101 cm³/mol. The normalized spacial score (nSPS) is 10.8. The Labute approximate surface area is 153 Å². The van der Waals surface area contributed by atoms with E-state index in [2.05, 4.69) is 10.5 Å². The molecule has 2 aromatic rings. The fraction of sp³-hybridized carbons (Fsp3) is 0.300. The first-order valence-electron chi connectivity index (χ1n) is 8.44. The summed E-state index contributed by atoms with van der Waals surface area (Å²) < 4.78 is 16.3. The zero-order valence-electron chi connectivity index (χ0n) is 15.5. The molecule has 0 aliphatic carbocycles. The fourth-order valence-corrected chi connectivity index (χ4v) is 2.21. The van der Waals surface area contributed by atoms with Crippen molar-refractivity contribution in [3.63, 3.8) is 0 Å². The zero-order chi connectivity index (χ0) is 18.9. The summed E-state index contributed by atoms with van der Waals surface area (Å²) in [7, 11) is 1.54. The Hall–Kier alpha value is -3.02. The van der Waals surface area contributed by atoms with Crippen LogP contribution in [0.3, 0.4) is 0 Å². The standard InChI is InChI=1S/C20H24N2O4/c1-5-25-17-9-6-15(7-10-17)13-21-22-20(23)16-8-11-18(26-14(2)3)19(12-16)24-4/h6-14H,5H2,1-4H3,(H,22,23)/b21-13-. The highest BCUT2D eigenvalue weighted by atomic mass is 16.5. The zero-order valence-corrected chi connectivity index (χ0v) is 15.5. The topological polar surface area (TPSA) is 69.2 Å². The summed E-state index contributed by atoms with van der Waals surface area (Å²) in [5.74, 6) is 1.56. The van der Waals surface area contributed by atoms with E-state index in [1.54, 1.807) is 24.4 Å². The van der Waals surface area contributed by atoms with Gasteiger partial charge in [-0.3, -0.25) is 4.79 Å². The first-order valence-corrected chi connectivity index (χ1v) is 8.44. The van der Waals surface area contributed by atoms with E-state index in [1.165, 1.54) is 7.11 Å². The first kappa shape index (κ1) is 19.3. The van der Waals surface area contributed by atoms with E-state index in [1.807, 2.05) is 45.0 Å². The lowest BCUT2D eigenvalue weighted by Gasteiger charge is -2.14. The van der Waals surface area contributed by atoms with Gasteiger partial charge in [0, 0.05) is 5.56 Å². The average Bonchev–Trinajstić information content (AvgIpc) is 2.63. The number of carbonyl (C=O) groups is 1. The van der Waals surface area contributed by atoms with Gasteiger partial charge in [0.2, 0.25) is 0 Å². The SMILES string of the molecule is CCOc1ccc(/C=N\NC(=O)c2ccc(OC(C)C)c(OC)c2)cc1. The maximum absolute atomic E-state index is 12.2. The molecule has 2 aromatic carbocycles. The molecule has 6 nitrogen and oxygen atoms in total. The minimum Gasteiger partial charge on any atom is -0.494 e. The minimum absolute atomic E-state index is 0.0160. The highest BCUT2D eigenvalue weighted by molar-refractivity contribution is 5.95. The van der Waals surface area contributed by atoms with Crippen molar-refractivity contribution in [1.82, 2.24) is 5.43 Å². The minimum atomic E-state index is -0.332. The number of hydrogen-bond acceptors (Lipinski definition) is 5. The van der Waals surface area contributed by atoms with Gasteiger partial charge in [0.15, 0.2) is 11.5 Å². The Bertz CT molecular complexity index is 755. The van der Waals surface area contributed by atoms with Crippen LogP contribution in [0, 0.1) is 0 Å². The van der Waals surface area contributed by atoms with Gasteiger partial charge in [0.05, 0.1) is 26.0 Å². The molecule has 1 N–H and O–H groups in total. The number of hydrogen-bond donors (Lipinski definition) is 1. The summed E-state index contributed by atoms with van der Waals surface area (Å²) in [6, 6.07) is 12.4. The van der Waals surface area contributed by atoms with Crippen LogP contribution in [0.1, 0.15) is 36.7 Å². The summed E-state index contributed by atoms with van der Waals surface area (Å²) in [4.78, 5) is 12.2. The Morgan fingerprint density at radius 1 is 1.15 bits per heavy atom. The van der Waals surface area contributed by atoms with Crippen LogP contribution in [0.15, 0.2) is 47.6 Å². The number of carbonyl (C=O) groups excluding carboxylic acids is 1. The smallest absolute Gasteiger partial charge is 0.271 e. The summed E-state index contributed by atoms with van der Waals surface area (Å²) in [6.45, 7) is 6.40. The average molecular weight is 356 g/mol. The van der Waals surface area contributed by atoms with Crippen molar-refractivity contribution in [2.24, 2.45) is 5.10 Å². The number of benzene rings is 2. The second-order valence-electron chi connectivity index (χ2n) is 5.73. The van der Waals surface area contributed by atoms with Gasteiger partial charge in [0.1, 0.15) is 5.75 Å². The van der Waals surface area contributed by atoms with Gasteiger partial charge < -0.3 is 14.2 Å². The van der Waals surface area contributed by atoms with Crippen LogP contribution in [0.5, 0.6) is 17.2 Å². The molecule has 0 bridgehead atoms. The Balaban J connectivity index is 2.00. The van der Waals surface area contributed by atoms with Crippen LogP contribution in [-0.2, 0) is 0 Å². The van der Waals surface area contributed by atoms with E-state index in [0.29, 0.717) is 23.7 Å². The fourth-order valence-electron chi connectivity index (χ4n) is 2.21. The molecule has 1 amide bonds. The monoisotopic (exact) mass is 356 g/mol. The summed E-state index contributed by atoms with van der Waals surface area (Å²) >= 11 is 0. The van der Waals surface area contributed by atoms with Gasteiger partial charge >= 0.3 is 0 Å². The first-order chi connectivity index (χ1) is 12.5.